The highest BCUT2D eigenvalue weighted by molar-refractivity contribution is 5.54. The van der Waals surface area contributed by atoms with Gasteiger partial charge < -0.3 is 4.52 Å². The summed E-state index contributed by atoms with van der Waals surface area (Å²) in [7, 11) is 0. The lowest BCUT2D eigenvalue weighted by Crippen LogP contribution is -1.98. The number of nitriles is 1. The Balaban J connectivity index is 2.11. The summed E-state index contributed by atoms with van der Waals surface area (Å²) in [4.78, 5) is 4.35. The van der Waals surface area contributed by atoms with Crippen LogP contribution in [0.5, 0.6) is 0 Å². The van der Waals surface area contributed by atoms with Crippen LogP contribution in [0.25, 0.3) is 11.4 Å². The largest absolute Gasteiger partial charge is 0.339 e. The molecule has 0 amide bonds. The first-order valence-electron chi connectivity index (χ1n) is 5.95. The van der Waals surface area contributed by atoms with Crippen molar-refractivity contribution in [3.63, 3.8) is 0 Å². The number of aromatic nitrogens is 2. The maximum absolute atomic E-state index is 8.61. The van der Waals surface area contributed by atoms with Gasteiger partial charge in [0, 0.05) is 18.4 Å². The Morgan fingerprint density at radius 2 is 2.06 bits per heavy atom. The topological polar surface area (TPSA) is 62.7 Å². The molecular weight excluding hydrogens is 226 g/mol. The van der Waals surface area contributed by atoms with E-state index in [0.29, 0.717) is 24.6 Å². The third-order valence-corrected chi connectivity index (χ3v) is 2.74. The number of aryl methyl sites for hydroxylation is 1. The molecule has 0 N–H and O–H groups in total. The summed E-state index contributed by atoms with van der Waals surface area (Å²) in [6, 6.07) is 10.1. The van der Waals surface area contributed by atoms with Crippen molar-refractivity contribution in [3.8, 4) is 17.5 Å². The molecule has 2 aromatic rings. The van der Waals surface area contributed by atoms with Gasteiger partial charge in [-0.25, -0.2) is 0 Å². The number of nitrogens with zero attached hydrogens (tertiary/aromatic N) is 3. The van der Waals surface area contributed by atoms with Gasteiger partial charge in [-0.05, 0) is 12.8 Å². The van der Waals surface area contributed by atoms with E-state index < -0.39 is 0 Å². The molecule has 0 radical (unpaired) electrons. The molecule has 18 heavy (non-hydrogen) atoms. The van der Waals surface area contributed by atoms with Crippen LogP contribution in [-0.2, 0) is 6.42 Å². The molecule has 0 saturated carbocycles. The maximum Gasteiger partial charge on any atom is 0.227 e. The van der Waals surface area contributed by atoms with Gasteiger partial charge in [-0.2, -0.15) is 10.2 Å². The van der Waals surface area contributed by atoms with Crippen molar-refractivity contribution < 1.29 is 4.52 Å². The molecule has 0 fully saturated rings. The van der Waals surface area contributed by atoms with Crippen LogP contribution in [0.4, 0.5) is 0 Å². The fourth-order valence-corrected chi connectivity index (χ4v) is 1.68. The van der Waals surface area contributed by atoms with Gasteiger partial charge in [0.25, 0.3) is 0 Å². The molecule has 2 rings (SSSR count). The zero-order valence-electron chi connectivity index (χ0n) is 10.6. The van der Waals surface area contributed by atoms with E-state index in [0.717, 1.165) is 5.56 Å². The highest BCUT2D eigenvalue weighted by atomic mass is 16.5. The quantitative estimate of drug-likeness (QED) is 0.824. The van der Waals surface area contributed by atoms with E-state index >= 15 is 0 Å². The minimum atomic E-state index is 0.237. The molecule has 4 nitrogen and oxygen atoms in total. The van der Waals surface area contributed by atoms with Crippen LogP contribution in [0, 0.1) is 24.2 Å². The highest BCUT2D eigenvalue weighted by Crippen LogP contribution is 2.18. The molecule has 1 atom stereocenters. The fraction of sp³-hybridized carbons (Fsp3) is 0.357. The molecule has 1 heterocycles. The van der Waals surface area contributed by atoms with Crippen LogP contribution in [0.15, 0.2) is 28.8 Å². The molecule has 0 saturated heterocycles. The molecule has 92 valence electrons. The smallest absolute Gasteiger partial charge is 0.227 e. The van der Waals surface area contributed by atoms with E-state index in [4.69, 9.17) is 9.78 Å². The Bertz CT molecular complexity index is 551. The molecule has 1 aromatic carbocycles. The van der Waals surface area contributed by atoms with Crippen LogP contribution in [-0.4, -0.2) is 10.1 Å². The van der Waals surface area contributed by atoms with Crippen LogP contribution < -0.4 is 0 Å². The molecule has 1 aromatic heterocycles. The summed E-state index contributed by atoms with van der Waals surface area (Å²) in [5, 5.41) is 12.6. The minimum absolute atomic E-state index is 0.237. The second-order valence-electron chi connectivity index (χ2n) is 4.55. The van der Waals surface area contributed by atoms with E-state index in [1.54, 1.807) is 0 Å². The Hall–Kier alpha value is -2.15. The molecule has 0 aliphatic carbocycles. The first-order chi connectivity index (χ1) is 8.69. The molecule has 0 bridgehead atoms. The third kappa shape index (κ3) is 2.95. The summed E-state index contributed by atoms with van der Waals surface area (Å²) >= 11 is 0. The van der Waals surface area contributed by atoms with Crippen molar-refractivity contribution >= 4 is 0 Å². The summed E-state index contributed by atoms with van der Waals surface area (Å²) < 4.78 is 5.20. The third-order valence-electron chi connectivity index (χ3n) is 2.74. The number of hydrogen-bond acceptors (Lipinski definition) is 4. The molecular formula is C14H15N3O. The lowest BCUT2D eigenvalue weighted by Gasteiger charge is -2.00. The molecule has 0 aliphatic rings. The first kappa shape index (κ1) is 12.3. The Kier molecular flexibility index (Phi) is 3.73. The predicted octanol–water partition coefficient (Wildman–Crippen LogP) is 3.14. The Morgan fingerprint density at radius 1 is 1.33 bits per heavy atom. The SMILES string of the molecule is Cc1ccc(-c2noc(CC(C)CC#N)n2)cc1. The number of rotatable bonds is 4. The molecule has 1 unspecified atom stereocenters. The van der Waals surface area contributed by atoms with Crippen molar-refractivity contribution in [2.24, 2.45) is 5.92 Å². The van der Waals surface area contributed by atoms with Crippen LogP contribution >= 0.6 is 0 Å². The lowest BCUT2D eigenvalue weighted by molar-refractivity contribution is 0.359. The normalized spacial score (nSPS) is 12.1. The van der Waals surface area contributed by atoms with Gasteiger partial charge in [0.2, 0.25) is 11.7 Å². The van der Waals surface area contributed by atoms with Crippen molar-refractivity contribution in [2.75, 3.05) is 0 Å². The van der Waals surface area contributed by atoms with E-state index in [1.165, 1.54) is 5.56 Å². The van der Waals surface area contributed by atoms with Crippen molar-refractivity contribution in [2.45, 2.75) is 26.7 Å². The maximum atomic E-state index is 8.61. The standard InChI is InChI=1S/C14H15N3O/c1-10-3-5-12(6-4-10)14-16-13(18-17-14)9-11(2)7-8-15/h3-6,11H,7,9H2,1-2H3. The van der Waals surface area contributed by atoms with Crippen molar-refractivity contribution in [1.82, 2.24) is 10.1 Å². The minimum Gasteiger partial charge on any atom is -0.339 e. The summed E-state index contributed by atoms with van der Waals surface area (Å²) in [5.41, 5.74) is 2.15. The van der Waals surface area contributed by atoms with Gasteiger partial charge in [0.15, 0.2) is 0 Å². The molecule has 4 heteroatoms. The average molecular weight is 241 g/mol. The van der Waals surface area contributed by atoms with Crippen LogP contribution in [0.2, 0.25) is 0 Å². The Labute approximate surface area is 106 Å². The van der Waals surface area contributed by atoms with Crippen LogP contribution in [0.1, 0.15) is 24.8 Å². The summed E-state index contributed by atoms with van der Waals surface area (Å²) in [6.45, 7) is 4.04. The van der Waals surface area contributed by atoms with E-state index in [2.05, 4.69) is 16.2 Å². The van der Waals surface area contributed by atoms with E-state index in [9.17, 15) is 0 Å². The number of benzene rings is 1. The zero-order chi connectivity index (χ0) is 13.0. The zero-order valence-corrected chi connectivity index (χ0v) is 10.6. The average Bonchev–Trinajstić information content (AvgIpc) is 2.78. The van der Waals surface area contributed by atoms with Gasteiger partial charge in [0.1, 0.15) is 0 Å². The lowest BCUT2D eigenvalue weighted by atomic mass is 10.1. The van der Waals surface area contributed by atoms with Gasteiger partial charge in [-0.15, -0.1) is 0 Å². The van der Waals surface area contributed by atoms with Gasteiger partial charge in [-0.3, -0.25) is 0 Å². The second kappa shape index (κ2) is 5.46. The fourth-order valence-electron chi connectivity index (χ4n) is 1.68. The molecule has 0 aliphatic heterocycles. The van der Waals surface area contributed by atoms with Gasteiger partial charge in [-0.1, -0.05) is 41.9 Å². The van der Waals surface area contributed by atoms with Crippen molar-refractivity contribution in [3.05, 3.63) is 35.7 Å². The monoisotopic (exact) mass is 241 g/mol. The van der Waals surface area contributed by atoms with E-state index in [1.807, 2.05) is 38.1 Å². The van der Waals surface area contributed by atoms with Gasteiger partial charge >= 0.3 is 0 Å². The number of hydrogen-bond donors (Lipinski definition) is 0. The van der Waals surface area contributed by atoms with E-state index in [-0.39, 0.29) is 5.92 Å². The summed E-state index contributed by atoms with van der Waals surface area (Å²) in [6.07, 6.45) is 1.15. The Morgan fingerprint density at radius 3 is 2.72 bits per heavy atom. The van der Waals surface area contributed by atoms with Crippen LogP contribution in [0.3, 0.4) is 0 Å². The molecule has 0 spiro atoms. The van der Waals surface area contributed by atoms with Gasteiger partial charge in [0.05, 0.1) is 6.07 Å². The first-order valence-corrected chi connectivity index (χ1v) is 5.95. The summed E-state index contributed by atoms with van der Waals surface area (Å²) in [5.74, 6) is 1.43. The van der Waals surface area contributed by atoms with Crippen molar-refractivity contribution in [1.29, 1.82) is 5.26 Å². The highest BCUT2D eigenvalue weighted by Gasteiger charge is 2.11. The predicted molar refractivity (Wildman–Crippen MR) is 67.6 cm³/mol. The second-order valence-corrected chi connectivity index (χ2v) is 4.55.